The zero-order valence-electron chi connectivity index (χ0n) is 14.7. The molecule has 0 saturated carbocycles. The molecule has 1 N–H and O–H groups in total. The number of halogens is 2. The van der Waals surface area contributed by atoms with E-state index < -0.39 is 0 Å². The summed E-state index contributed by atoms with van der Waals surface area (Å²) in [6.45, 7) is 0.389. The topological polar surface area (TPSA) is 54.9 Å². The maximum atomic E-state index is 12.9. The molecular formula is C22H15Cl2N3O. The lowest BCUT2D eigenvalue weighted by molar-refractivity contribution is 0.0952. The number of rotatable bonds is 4. The summed E-state index contributed by atoms with van der Waals surface area (Å²) in [6, 6.07) is 18.3. The fourth-order valence-electron chi connectivity index (χ4n) is 2.98. The Bertz CT molecular complexity index is 1160. The predicted octanol–water partition coefficient (Wildman–Crippen LogP) is 5.53. The van der Waals surface area contributed by atoms with Gasteiger partial charge < -0.3 is 5.32 Å². The summed E-state index contributed by atoms with van der Waals surface area (Å²) in [5.41, 5.74) is 3.52. The third-order valence-electron chi connectivity index (χ3n) is 4.34. The molecule has 0 unspecified atom stereocenters. The van der Waals surface area contributed by atoms with Gasteiger partial charge in [0.25, 0.3) is 5.91 Å². The average Bonchev–Trinajstić information content (AvgIpc) is 2.72. The Hall–Kier alpha value is -2.95. The molecule has 4 nitrogen and oxygen atoms in total. The number of nitrogens with zero attached hydrogens (tertiary/aromatic N) is 2. The van der Waals surface area contributed by atoms with Gasteiger partial charge in [0.2, 0.25) is 0 Å². The molecule has 0 saturated heterocycles. The molecule has 138 valence electrons. The first-order valence-corrected chi connectivity index (χ1v) is 9.40. The van der Waals surface area contributed by atoms with E-state index in [0.29, 0.717) is 27.8 Å². The molecule has 0 aliphatic heterocycles. The third-order valence-corrected chi connectivity index (χ3v) is 4.89. The minimum atomic E-state index is -0.186. The van der Waals surface area contributed by atoms with Crippen molar-refractivity contribution in [2.45, 2.75) is 6.54 Å². The van der Waals surface area contributed by atoms with Gasteiger partial charge in [-0.1, -0.05) is 47.5 Å². The van der Waals surface area contributed by atoms with Gasteiger partial charge in [0.1, 0.15) is 0 Å². The second-order valence-electron chi connectivity index (χ2n) is 6.24. The molecule has 2 heterocycles. The van der Waals surface area contributed by atoms with Gasteiger partial charge in [-0.15, -0.1) is 0 Å². The first-order chi connectivity index (χ1) is 13.6. The molecule has 0 spiro atoms. The average molecular weight is 408 g/mol. The second-order valence-corrected chi connectivity index (χ2v) is 7.08. The number of aromatic nitrogens is 2. The molecule has 4 aromatic rings. The van der Waals surface area contributed by atoms with Crippen LogP contribution in [0.3, 0.4) is 0 Å². The van der Waals surface area contributed by atoms with Crippen LogP contribution in [0.15, 0.2) is 73.1 Å². The van der Waals surface area contributed by atoms with Crippen molar-refractivity contribution in [2.24, 2.45) is 0 Å². The SMILES string of the molecule is O=C(NCc1cccnc1)c1cc(-c2ccc(Cl)cc2Cl)nc2ccccc12. The summed E-state index contributed by atoms with van der Waals surface area (Å²) < 4.78 is 0. The maximum absolute atomic E-state index is 12.9. The molecule has 2 aromatic carbocycles. The van der Waals surface area contributed by atoms with Crippen LogP contribution in [0.5, 0.6) is 0 Å². The van der Waals surface area contributed by atoms with Crippen LogP contribution in [0, 0.1) is 0 Å². The van der Waals surface area contributed by atoms with E-state index in [4.69, 9.17) is 23.2 Å². The van der Waals surface area contributed by atoms with Gasteiger partial charge in [-0.05, 0) is 42.0 Å². The Morgan fingerprint density at radius 1 is 1.00 bits per heavy atom. The number of carbonyl (C=O) groups is 1. The van der Waals surface area contributed by atoms with Crippen LogP contribution in [0.1, 0.15) is 15.9 Å². The van der Waals surface area contributed by atoms with Crippen molar-refractivity contribution in [3.05, 3.63) is 94.2 Å². The molecule has 0 atom stereocenters. The maximum Gasteiger partial charge on any atom is 0.252 e. The van der Waals surface area contributed by atoms with Crippen molar-refractivity contribution in [2.75, 3.05) is 0 Å². The molecule has 1 amide bonds. The molecule has 0 radical (unpaired) electrons. The highest BCUT2D eigenvalue weighted by Gasteiger charge is 2.15. The summed E-state index contributed by atoms with van der Waals surface area (Å²) in [6.07, 6.45) is 3.42. The van der Waals surface area contributed by atoms with Gasteiger partial charge in [-0.2, -0.15) is 0 Å². The molecule has 0 aliphatic carbocycles. The van der Waals surface area contributed by atoms with Crippen LogP contribution in [0.4, 0.5) is 0 Å². The number of pyridine rings is 2. The van der Waals surface area contributed by atoms with Gasteiger partial charge in [0.15, 0.2) is 0 Å². The van der Waals surface area contributed by atoms with Crippen molar-refractivity contribution in [1.29, 1.82) is 0 Å². The summed E-state index contributed by atoms with van der Waals surface area (Å²) in [7, 11) is 0. The lowest BCUT2D eigenvalue weighted by Crippen LogP contribution is -2.23. The Kier molecular flexibility index (Phi) is 5.24. The van der Waals surface area contributed by atoms with Crippen LogP contribution >= 0.6 is 23.2 Å². The summed E-state index contributed by atoms with van der Waals surface area (Å²) >= 11 is 12.4. The Balaban J connectivity index is 1.75. The van der Waals surface area contributed by atoms with Crippen molar-refractivity contribution in [3.8, 4) is 11.3 Å². The van der Waals surface area contributed by atoms with Gasteiger partial charge >= 0.3 is 0 Å². The normalized spacial score (nSPS) is 10.8. The molecule has 2 aromatic heterocycles. The molecule has 6 heteroatoms. The van der Waals surface area contributed by atoms with Crippen LogP contribution in [0.25, 0.3) is 22.2 Å². The molecule has 4 rings (SSSR count). The van der Waals surface area contributed by atoms with E-state index in [1.807, 2.05) is 36.4 Å². The predicted molar refractivity (Wildman–Crippen MR) is 113 cm³/mol. The molecule has 28 heavy (non-hydrogen) atoms. The van der Waals surface area contributed by atoms with E-state index in [1.54, 1.807) is 36.7 Å². The molecular weight excluding hydrogens is 393 g/mol. The highest BCUT2D eigenvalue weighted by Crippen LogP contribution is 2.31. The number of benzene rings is 2. The van der Waals surface area contributed by atoms with Gasteiger partial charge in [-0.3, -0.25) is 9.78 Å². The molecule has 0 aliphatic rings. The van der Waals surface area contributed by atoms with E-state index in [0.717, 1.165) is 22.0 Å². The third kappa shape index (κ3) is 3.84. The van der Waals surface area contributed by atoms with Crippen LogP contribution in [-0.2, 0) is 6.54 Å². The quantitative estimate of drug-likeness (QED) is 0.483. The summed E-state index contributed by atoms with van der Waals surface area (Å²) in [5, 5.41) is 4.76. The Morgan fingerprint density at radius 3 is 2.64 bits per heavy atom. The first kappa shape index (κ1) is 18.4. The zero-order valence-corrected chi connectivity index (χ0v) is 16.2. The van der Waals surface area contributed by atoms with Crippen LogP contribution < -0.4 is 5.32 Å². The summed E-state index contributed by atoms with van der Waals surface area (Å²) in [5.74, 6) is -0.186. The van der Waals surface area contributed by atoms with Gasteiger partial charge in [0.05, 0.1) is 21.8 Å². The Labute approximate surface area is 172 Å². The monoisotopic (exact) mass is 407 g/mol. The molecule has 0 bridgehead atoms. The number of carbonyl (C=O) groups excluding carboxylic acids is 1. The van der Waals surface area contributed by atoms with Crippen molar-refractivity contribution in [1.82, 2.24) is 15.3 Å². The number of fused-ring (bicyclic) bond motifs is 1. The van der Waals surface area contributed by atoms with E-state index in [9.17, 15) is 4.79 Å². The van der Waals surface area contributed by atoms with Gasteiger partial charge in [0, 0.05) is 34.9 Å². The molecule has 0 fully saturated rings. The fourth-order valence-corrected chi connectivity index (χ4v) is 3.48. The van der Waals surface area contributed by atoms with Crippen molar-refractivity contribution < 1.29 is 4.79 Å². The summed E-state index contributed by atoms with van der Waals surface area (Å²) in [4.78, 5) is 21.7. The van der Waals surface area contributed by atoms with Crippen molar-refractivity contribution >= 4 is 40.0 Å². The van der Waals surface area contributed by atoms with E-state index in [2.05, 4.69) is 15.3 Å². The smallest absolute Gasteiger partial charge is 0.252 e. The number of para-hydroxylation sites is 1. The highest BCUT2D eigenvalue weighted by atomic mass is 35.5. The highest BCUT2D eigenvalue weighted by molar-refractivity contribution is 6.36. The lowest BCUT2D eigenvalue weighted by atomic mass is 10.0. The number of hydrogen-bond donors (Lipinski definition) is 1. The lowest BCUT2D eigenvalue weighted by Gasteiger charge is -2.11. The number of hydrogen-bond acceptors (Lipinski definition) is 3. The van der Waals surface area contributed by atoms with Crippen molar-refractivity contribution in [3.63, 3.8) is 0 Å². The van der Waals surface area contributed by atoms with Crippen LogP contribution in [-0.4, -0.2) is 15.9 Å². The zero-order chi connectivity index (χ0) is 19.5. The fraction of sp³-hybridized carbons (Fsp3) is 0.0455. The first-order valence-electron chi connectivity index (χ1n) is 8.64. The second kappa shape index (κ2) is 7.97. The number of amides is 1. The van der Waals surface area contributed by atoms with E-state index >= 15 is 0 Å². The van der Waals surface area contributed by atoms with E-state index in [-0.39, 0.29) is 5.91 Å². The minimum Gasteiger partial charge on any atom is -0.348 e. The largest absolute Gasteiger partial charge is 0.348 e. The van der Waals surface area contributed by atoms with E-state index in [1.165, 1.54) is 0 Å². The van der Waals surface area contributed by atoms with Gasteiger partial charge in [-0.25, -0.2) is 4.98 Å². The Morgan fingerprint density at radius 2 is 1.86 bits per heavy atom. The number of nitrogens with one attached hydrogen (secondary N) is 1. The standard InChI is InChI=1S/C22H15Cl2N3O/c23-15-7-8-17(19(24)10-15)21-11-18(16-5-1-2-6-20(16)27-21)22(28)26-13-14-4-3-9-25-12-14/h1-12H,13H2,(H,26,28). The van der Waals surface area contributed by atoms with Crippen LogP contribution in [0.2, 0.25) is 10.0 Å². The minimum absolute atomic E-state index is 0.186.